The molecule has 19 heavy (non-hydrogen) atoms. The summed E-state index contributed by atoms with van der Waals surface area (Å²) in [5, 5.41) is 9.04. The van der Waals surface area contributed by atoms with Crippen LogP contribution in [0, 0.1) is 12.3 Å². The summed E-state index contributed by atoms with van der Waals surface area (Å²) in [7, 11) is 0. The van der Waals surface area contributed by atoms with Crippen molar-refractivity contribution >= 4 is 11.7 Å². The van der Waals surface area contributed by atoms with Crippen LogP contribution in [0.4, 0.5) is 5.69 Å². The summed E-state index contributed by atoms with van der Waals surface area (Å²) in [6.45, 7) is 5.76. The number of hydrogen-bond donors (Lipinski definition) is 1. The van der Waals surface area contributed by atoms with Gasteiger partial charge in [-0.15, -0.1) is 0 Å². The van der Waals surface area contributed by atoms with Crippen molar-refractivity contribution in [3.63, 3.8) is 0 Å². The lowest BCUT2D eigenvalue weighted by molar-refractivity contribution is -0.000202. The SMILES string of the molecule is Cc1cc(N2CC3(CCOCC3)C2)ccc1C(=O)O. The molecular weight excluding hydrogens is 242 g/mol. The highest BCUT2D eigenvalue weighted by molar-refractivity contribution is 5.90. The molecule has 0 bridgehead atoms. The van der Waals surface area contributed by atoms with Crippen molar-refractivity contribution in [2.24, 2.45) is 5.41 Å². The molecule has 4 heteroatoms. The first-order valence-electron chi connectivity index (χ1n) is 6.76. The summed E-state index contributed by atoms with van der Waals surface area (Å²) in [6.07, 6.45) is 2.30. The zero-order chi connectivity index (χ0) is 13.5. The molecule has 2 saturated heterocycles. The fourth-order valence-corrected chi connectivity index (χ4v) is 3.15. The number of benzene rings is 1. The molecule has 0 aromatic heterocycles. The molecule has 1 aromatic rings. The first-order valence-corrected chi connectivity index (χ1v) is 6.76. The molecule has 0 radical (unpaired) electrons. The van der Waals surface area contributed by atoms with Gasteiger partial charge in [0.1, 0.15) is 0 Å². The van der Waals surface area contributed by atoms with Crippen LogP contribution in [0.2, 0.25) is 0 Å². The molecule has 0 amide bonds. The molecule has 2 aliphatic rings. The summed E-state index contributed by atoms with van der Waals surface area (Å²) < 4.78 is 5.42. The first kappa shape index (κ1) is 12.5. The Hall–Kier alpha value is -1.55. The van der Waals surface area contributed by atoms with Crippen LogP contribution in [-0.2, 0) is 4.74 Å². The number of carboxylic acids is 1. The van der Waals surface area contributed by atoms with E-state index in [1.54, 1.807) is 6.07 Å². The fraction of sp³-hybridized carbons (Fsp3) is 0.533. The van der Waals surface area contributed by atoms with Gasteiger partial charge in [0, 0.05) is 37.4 Å². The topological polar surface area (TPSA) is 49.8 Å². The van der Waals surface area contributed by atoms with E-state index in [0.717, 1.165) is 50.4 Å². The quantitative estimate of drug-likeness (QED) is 0.887. The number of ether oxygens (including phenoxy) is 1. The Morgan fingerprint density at radius 2 is 2.00 bits per heavy atom. The van der Waals surface area contributed by atoms with Gasteiger partial charge in [-0.3, -0.25) is 0 Å². The summed E-state index contributed by atoms with van der Waals surface area (Å²) in [5.41, 5.74) is 2.81. The van der Waals surface area contributed by atoms with Crippen molar-refractivity contribution in [3.05, 3.63) is 29.3 Å². The average Bonchev–Trinajstić information content (AvgIpc) is 2.36. The van der Waals surface area contributed by atoms with Gasteiger partial charge in [0.15, 0.2) is 0 Å². The van der Waals surface area contributed by atoms with E-state index in [0.29, 0.717) is 11.0 Å². The Morgan fingerprint density at radius 1 is 1.32 bits per heavy atom. The van der Waals surface area contributed by atoms with Gasteiger partial charge in [-0.05, 0) is 43.5 Å². The van der Waals surface area contributed by atoms with E-state index in [1.807, 2.05) is 19.1 Å². The third kappa shape index (κ3) is 2.21. The number of carbonyl (C=O) groups is 1. The van der Waals surface area contributed by atoms with Crippen LogP contribution < -0.4 is 4.90 Å². The Bertz CT molecular complexity index is 498. The first-order chi connectivity index (χ1) is 9.10. The van der Waals surface area contributed by atoms with E-state index in [4.69, 9.17) is 9.84 Å². The molecule has 102 valence electrons. The van der Waals surface area contributed by atoms with E-state index >= 15 is 0 Å². The highest BCUT2D eigenvalue weighted by atomic mass is 16.5. The maximum absolute atomic E-state index is 11.0. The van der Waals surface area contributed by atoms with E-state index in [9.17, 15) is 4.79 Å². The maximum Gasteiger partial charge on any atom is 0.335 e. The van der Waals surface area contributed by atoms with Crippen LogP contribution in [0.25, 0.3) is 0 Å². The van der Waals surface area contributed by atoms with Gasteiger partial charge in [-0.1, -0.05) is 0 Å². The van der Waals surface area contributed by atoms with Gasteiger partial charge in [-0.2, -0.15) is 0 Å². The number of nitrogens with zero attached hydrogens (tertiary/aromatic N) is 1. The highest BCUT2D eigenvalue weighted by Crippen LogP contribution is 2.42. The predicted molar refractivity (Wildman–Crippen MR) is 72.8 cm³/mol. The van der Waals surface area contributed by atoms with E-state index in [-0.39, 0.29) is 0 Å². The number of rotatable bonds is 2. The molecule has 2 aliphatic heterocycles. The minimum atomic E-state index is -0.853. The van der Waals surface area contributed by atoms with Crippen LogP contribution in [0.15, 0.2) is 18.2 Å². The van der Waals surface area contributed by atoms with Crippen molar-refractivity contribution in [2.45, 2.75) is 19.8 Å². The zero-order valence-corrected chi connectivity index (χ0v) is 11.2. The van der Waals surface area contributed by atoms with Crippen LogP contribution >= 0.6 is 0 Å². The molecule has 1 spiro atoms. The molecule has 2 heterocycles. The minimum Gasteiger partial charge on any atom is -0.478 e. The van der Waals surface area contributed by atoms with Crippen molar-refractivity contribution in [1.29, 1.82) is 0 Å². The lowest BCUT2D eigenvalue weighted by Gasteiger charge is -2.53. The van der Waals surface area contributed by atoms with Gasteiger partial charge in [0.2, 0.25) is 0 Å². The van der Waals surface area contributed by atoms with Crippen molar-refractivity contribution in [2.75, 3.05) is 31.2 Å². The lowest BCUT2D eigenvalue weighted by Crippen LogP contribution is -2.58. The van der Waals surface area contributed by atoms with Crippen molar-refractivity contribution in [3.8, 4) is 0 Å². The number of hydrogen-bond acceptors (Lipinski definition) is 3. The molecule has 0 unspecified atom stereocenters. The van der Waals surface area contributed by atoms with Gasteiger partial charge in [-0.25, -0.2) is 4.79 Å². The molecule has 4 nitrogen and oxygen atoms in total. The molecule has 3 rings (SSSR count). The Labute approximate surface area is 113 Å². The van der Waals surface area contributed by atoms with Gasteiger partial charge < -0.3 is 14.7 Å². The predicted octanol–water partition coefficient (Wildman–Crippen LogP) is 2.31. The van der Waals surface area contributed by atoms with E-state index in [2.05, 4.69) is 4.90 Å². The zero-order valence-electron chi connectivity index (χ0n) is 11.2. The van der Waals surface area contributed by atoms with Crippen LogP contribution in [0.3, 0.4) is 0 Å². The summed E-state index contributed by atoms with van der Waals surface area (Å²) in [5.74, 6) is -0.853. The molecule has 0 saturated carbocycles. The molecule has 1 N–H and O–H groups in total. The van der Waals surface area contributed by atoms with Gasteiger partial charge >= 0.3 is 5.97 Å². The summed E-state index contributed by atoms with van der Waals surface area (Å²) >= 11 is 0. The molecular formula is C15H19NO3. The van der Waals surface area contributed by atoms with Gasteiger partial charge in [0.25, 0.3) is 0 Å². The number of aryl methyl sites for hydroxylation is 1. The second-order valence-electron chi connectivity index (χ2n) is 5.77. The highest BCUT2D eigenvalue weighted by Gasteiger charge is 2.43. The number of aromatic carboxylic acids is 1. The van der Waals surface area contributed by atoms with Crippen LogP contribution in [-0.4, -0.2) is 37.4 Å². The second-order valence-corrected chi connectivity index (χ2v) is 5.77. The van der Waals surface area contributed by atoms with E-state index in [1.165, 1.54) is 0 Å². The monoisotopic (exact) mass is 261 g/mol. The molecule has 1 aromatic carbocycles. The summed E-state index contributed by atoms with van der Waals surface area (Å²) in [4.78, 5) is 13.3. The normalized spacial score (nSPS) is 21.2. The fourth-order valence-electron chi connectivity index (χ4n) is 3.15. The van der Waals surface area contributed by atoms with Crippen molar-refractivity contribution in [1.82, 2.24) is 0 Å². The molecule has 0 atom stereocenters. The Morgan fingerprint density at radius 3 is 2.58 bits per heavy atom. The molecule has 0 aliphatic carbocycles. The third-order valence-corrected chi connectivity index (χ3v) is 4.41. The average molecular weight is 261 g/mol. The number of anilines is 1. The summed E-state index contributed by atoms with van der Waals surface area (Å²) in [6, 6.07) is 5.61. The van der Waals surface area contributed by atoms with E-state index < -0.39 is 5.97 Å². The third-order valence-electron chi connectivity index (χ3n) is 4.41. The van der Waals surface area contributed by atoms with Crippen LogP contribution in [0.5, 0.6) is 0 Å². The Balaban J connectivity index is 1.71. The lowest BCUT2D eigenvalue weighted by atomic mass is 9.73. The smallest absolute Gasteiger partial charge is 0.335 e. The largest absolute Gasteiger partial charge is 0.478 e. The van der Waals surface area contributed by atoms with Gasteiger partial charge in [0.05, 0.1) is 5.56 Å². The minimum absolute atomic E-state index is 0.394. The molecule has 2 fully saturated rings. The van der Waals surface area contributed by atoms with Crippen molar-refractivity contribution < 1.29 is 14.6 Å². The standard InChI is InChI=1S/C15H19NO3/c1-11-8-12(2-3-13(11)14(17)18)16-9-15(10-16)4-6-19-7-5-15/h2-3,8H,4-7,9-10H2,1H3,(H,17,18). The number of carboxylic acid groups (broad SMARTS) is 1. The maximum atomic E-state index is 11.0. The van der Waals surface area contributed by atoms with Crippen LogP contribution in [0.1, 0.15) is 28.8 Å². The Kier molecular flexibility index (Phi) is 2.97. The second kappa shape index (κ2) is 4.53.